The van der Waals surface area contributed by atoms with Crippen LogP contribution in [0.25, 0.3) is 0 Å². The maximum Gasteiger partial charge on any atom is 0.220 e. The summed E-state index contributed by atoms with van der Waals surface area (Å²) >= 11 is 6.17. The molecule has 3 rings (SSSR count). The van der Waals surface area contributed by atoms with Crippen LogP contribution in [0.5, 0.6) is 11.5 Å². The fourth-order valence-electron chi connectivity index (χ4n) is 3.28. The Morgan fingerprint density at radius 2 is 2.12 bits per heavy atom. The number of ether oxygens (including phenoxy) is 2. The van der Waals surface area contributed by atoms with Gasteiger partial charge in [0, 0.05) is 19.0 Å². The SMILES string of the molecule is Cl.N[C@@H]1CCC[C@H]1CC(=O)NCC(O)c1cc(Cl)c2c(c1)OCCO2. The van der Waals surface area contributed by atoms with Crippen molar-refractivity contribution < 1.29 is 19.4 Å². The van der Waals surface area contributed by atoms with Gasteiger partial charge in [-0.25, -0.2) is 0 Å². The first-order valence-electron chi connectivity index (χ1n) is 8.34. The highest BCUT2D eigenvalue weighted by Crippen LogP contribution is 2.39. The molecular formula is C17H24Cl2N2O4. The largest absolute Gasteiger partial charge is 0.486 e. The van der Waals surface area contributed by atoms with Crippen molar-refractivity contribution in [3.05, 3.63) is 22.7 Å². The van der Waals surface area contributed by atoms with Crippen LogP contribution in [0.3, 0.4) is 0 Å². The number of nitrogens with one attached hydrogen (secondary N) is 1. The van der Waals surface area contributed by atoms with Gasteiger partial charge in [0.1, 0.15) is 13.2 Å². The second-order valence-corrected chi connectivity index (χ2v) is 6.81. The molecule has 0 aromatic heterocycles. The van der Waals surface area contributed by atoms with E-state index in [4.69, 9.17) is 26.8 Å². The molecule has 1 saturated carbocycles. The van der Waals surface area contributed by atoms with Gasteiger partial charge in [-0.05, 0) is 36.5 Å². The number of rotatable bonds is 5. The average Bonchev–Trinajstić information content (AvgIpc) is 2.97. The van der Waals surface area contributed by atoms with Crippen molar-refractivity contribution in [2.24, 2.45) is 11.7 Å². The van der Waals surface area contributed by atoms with Crippen LogP contribution in [0.15, 0.2) is 12.1 Å². The molecular weight excluding hydrogens is 367 g/mol. The third-order valence-corrected chi connectivity index (χ3v) is 4.94. The number of hydrogen-bond donors (Lipinski definition) is 3. The van der Waals surface area contributed by atoms with Crippen molar-refractivity contribution in [1.29, 1.82) is 0 Å². The van der Waals surface area contributed by atoms with Gasteiger partial charge < -0.3 is 25.6 Å². The van der Waals surface area contributed by atoms with Crippen LogP contribution in [0.2, 0.25) is 5.02 Å². The molecule has 6 nitrogen and oxygen atoms in total. The van der Waals surface area contributed by atoms with Crippen molar-refractivity contribution >= 4 is 29.9 Å². The van der Waals surface area contributed by atoms with E-state index in [1.165, 1.54) is 0 Å². The molecule has 3 atom stereocenters. The zero-order valence-corrected chi connectivity index (χ0v) is 15.4. The van der Waals surface area contributed by atoms with Gasteiger partial charge in [-0.2, -0.15) is 0 Å². The Kier molecular flexibility index (Phi) is 7.19. The third-order valence-electron chi connectivity index (χ3n) is 4.66. The summed E-state index contributed by atoms with van der Waals surface area (Å²) < 4.78 is 11.0. The van der Waals surface area contributed by atoms with Gasteiger partial charge in [-0.1, -0.05) is 18.0 Å². The standard InChI is InChI=1S/C17H23ClN2O4.ClH/c18-12-6-11(7-15-17(12)24-5-4-23-15)14(21)9-20-16(22)8-10-2-1-3-13(10)19;/h6-7,10,13-14,21H,1-5,8-9,19H2,(H,20,22);1H/t10-,13+,14?;/m0./s1. The number of carbonyl (C=O) groups excluding carboxylic acids is 1. The van der Waals surface area contributed by atoms with Crippen molar-refractivity contribution in [2.75, 3.05) is 19.8 Å². The Hall–Kier alpha value is -1.21. The van der Waals surface area contributed by atoms with E-state index >= 15 is 0 Å². The number of nitrogens with two attached hydrogens (primary N) is 1. The van der Waals surface area contributed by atoms with Crippen molar-refractivity contribution in [3.8, 4) is 11.5 Å². The highest BCUT2D eigenvalue weighted by molar-refractivity contribution is 6.32. The number of hydrogen-bond acceptors (Lipinski definition) is 5. The molecule has 1 heterocycles. The number of benzene rings is 1. The Morgan fingerprint density at radius 3 is 2.84 bits per heavy atom. The maximum absolute atomic E-state index is 12.0. The lowest BCUT2D eigenvalue weighted by Crippen LogP contribution is -2.33. The van der Waals surface area contributed by atoms with Crippen LogP contribution in [0.1, 0.15) is 37.4 Å². The van der Waals surface area contributed by atoms with Crippen LogP contribution in [-0.2, 0) is 4.79 Å². The van der Waals surface area contributed by atoms with E-state index < -0.39 is 6.10 Å². The van der Waals surface area contributed by atoms with E-state index in [2.05, 4.69) is 5.32 Å². The first kappa shape index (κ1) is 20.1. The summed E-state index contributed by atoms with van der Waals surface area (Å²) in [7, 11) is 0. The zero-order chi connectivity index (χ0) is 17.1. The van der Waals surface area contributed by atoms with Gasteiger partial charge in [-0.15, -0.1) is 12.4 Å². The number of halogens is 2. The molecule has 0 bridgehead atoms. The van der Waals surface area contributed by atoms with E-state index in [1.54, 1.807) is 12.1 Å². The fraction of sp³-hybridized carbons (Fsp3) is 0.588. The van der Waals surface area contributed by atoms with E-state index in [0.717, 1.165) is 19.3 Å². The van der Waals surface area contributed by atoms with Crippen LogP contribution >= 0.6 is 24.0 Å². The minimum absolute atomic E-state index is 0. The van der Waals surface area contributed by atoms with Gasteiger partial charge in [0.2, 0.25) is 5.91 Å². The molecule has 4 N–H and O–H groups in total. The minimum atomic E-state index is -0.862. The summed E-state index contributed by atoms with van der Waals surface area (Å²) in [6.07, 6.45) is 2.61. The van der Waals surface area contributed by atoms with Gasteiger partial charge >= 0.3 is 0 Å². The normalized spacial score (nSPS) is 22.8. The molecule has 8 heteroatoms. The summed E-state index contributed by atoms with van der Waals surface area (Å²) in [5, 5.41) is 13.5. The quantitative estimate of drug-likeness (QED) is 0.716. The molecule has 1 unspecified atom stereocenters. The van der Waals surface area contributed by atoms with Gasteiger partial charge in [-0.3, -0.25) is 4.79 Å². The highest BCUT2D eigenvalue weighted by Gasteiger charge is 2.26. The van der Waals surface area contributed by atoms with Gasteiger partial charge in [0.15, 0.2) is 11.5 Å². The number of fused-ring (bicyclic) bond motifs is 1. The van der Waals surface area contributed by atoms with Gasteiger partial charge in [0.05, 0.1) is 11.1 Å². The number of carbonyl (C=O) groups is 1. The topological polar surface area (TPSA) is 93.8 Å². The van der Waals surface area contributed by atoms with Crippen molar-refractivity contribution in [1.82, 2.24) is 5.32 Å². The highest BCUT2D eigenvalue weighted by atomic mass is 35.5. The Labute approximate surface area is 158 Å². The first-order chi connectivity index (χ1) is 11.5. The molecule has 1 amide bonds. The summed E-state index contributed by atoms with van der Waals surface area (Å²) in [5.74, 6) is 1.18. The molecule has 1 aliphatic carbocycles. The molecule has 1 aromatic carbocycles. The predicted molar refractivity (Wildman–Crippen MR) is 97.6 cm³/mol. The first-order valence-corrected chi connectivity index (χ1v) is 8.72. The number of aliphatic hydroxyl groups excluding tert-OH is 1. The Morgan fingerprint density at radius 1 is 1.36 bits per heavy atom. The molecule has 25 heavy (non-hydrogen) atoms. The van der Waals surface area contributed by atoms with E-state index in [1.807, 2.05) is 0 Å². The van der Waals surface area contributed by atoms with Crippen LogP contribution < -0.4 is 20.5 Å². The summed E-state index contributed by atoms with van der Waals surface area (Å²) in [6, 6.07) is 3.44. The van der Waals surface area contributed by atoms with Crippen molar-refractivity contribution in [2.45, 2.75) is 37.8 Å². The average molecular weight is 391 g/mol. The second kappa shape index (κ2) is 8.94. The number of amides is 1. The summed E-state index contributed by atoms with van der Waals surface area (Å²) in [6.45, 7) is 1.02. The molecule has 1 aromatic rings. The Bertz CT molecular complexity index is 615. The zero-order valence-electron chi connectivity index (χ0n) is 13.9. The summed E-state index contributed by atoms with van der Waals surface area (Å²) in [4.78, 5) is 12.0. The molecule has 0 spiro atoms. The van der Waals surface area contributed by atoms with Crippen molar-refractivity contribution in [3.63, 3.8) is 0 Å². The van der Waals surface area contributed by atoms with Gasteiger partial charge in [0.25, 0.3) is 0 Å². The molecule has 1 aliphatic heterocycles. The minimum Gasteiger partial charge on any atom is -0.486 e. The Balaban J connectivity index is 0.00000225. The lowest BCUT2D eigenvalue weighted by atomic mass is 10.00. The fourth-order valence-corrected chi connectivity index (χ4v) is 3.55. The molecule has 2 aliphatic rings. The lowest BCUT2D eigenvalue weighted by molar-refractivity contribution is -0.122. The maximum atomic E-state index is 12.0. The lowest BCUT2D eigenvalue weighted by Gasteiger charge is -2.22. The molecule has 140 valence electrons. The molecule has 1 fully saturated rings. The van der Waals surface area contributed by atoms with Crippen LogP contribution in [-0.4, -0.2) is 36.8 Å². The van der Waals surface area contributed by atoms with E-state index in [-0.39, 0.29) is 36.8 Å². The second-order valence-electron chi connectivity index (χ2n) is 6.41. The summed E-state index contributed by atoms with van der Waals surface area (Å²) in [5.41, 5.74) is 6.57. The van der Waals surface area contributed by atoms with Crippen LogP contribution in [0.4, 0.5) is 0 Å². The third kappa shape index (κ3) is 4.91. The smallest absolute Gasteiger partial charge is 0.220 e. The molecule has 0 radical (unpaired) electrons. The van der Waals surface area contributed by atoms with Crippen LogP contribution in [0, 0.1) is 5.92 Å². The predicted octanol–water partition coefficient (Wildman–Crippen LogP) is 2.20. The number of aliphatic hydroxyl groups is 1. The van der Waals surface area contributed by atoms with E-state index in [0.29, 0.717) is 41.7 Å². The van der Waals surface area contributed by atoms with E-state index in [9.17, 15) is 9.90 Å². The monoisotopic (exact) mass is 390 g/mol. The molecule has 0 saturated heterocycles.